The summed E-state index contributed by atoms with van der Waals surface area (Å²) in [5.74, 6) is -0.239. The molecule has 0 radical (unpaired) electrons. The second-order valence-electron chi connectivity index (χ2n) is 11.5. The van der Waals surface area contributed by atoms with Crippen molar-refractivity contribution < 1.29 is 8.82 Å². The van der Waals surface area contributed by atoms with Gasteiger partial charge >= 0.3 is 0 Å². The Labute approximate surface area is 239 Å². The van der Waals surface area contributed by atoms with E-state index in [-0.39, 0.29) is 10.9 Å². The first-order valence-electron chi connectivity index (χ1n) is 13.5. The highest BCUT2D eigenvalue weighted by molar-refractivity contribution is 7.95. The first-order valence-corrected chi connectivity index (χ1v) is 19.3. The fraction of sp³-hybridized carbons (Fsp3) is 0.303. The van der Waals surface area contributed by atoms with Crippen LogP contribution in [0.15, 0.2) is 102 Å². The van der Waals surface area contributed by atoms with Gasteiger partial charge in [0.1, 0.15) is 35.1 Å². The SMILES string of the molecule is Cc1nc(C=C(F)[C@H](CC[P+](c2ccccc2)(c2ccccc2)c2ccccc2)O[Si](C)(C)C(C)(C)C)cs1. The van der Waals surface area contributed by atoms with Gasteiger partial charge in [-0.15, -0.1) is 11.3 Å². The van der Waals surface area contributed by atoms with E-state index in [2.05, 4.69) is 130 Å². The van der Waals surface area contributed by atoms with E-state index < -0.39 is 21.7 Å². The van der Waals surface area contributed by atoms with Gasteiger partial charge in [-0.05, 0) is 67.5 Å². The number of thiazole rings is 1. The molecule has 0 fully saturated rings. The molecule has 0 amide bonds. The van der Waals surface area contributed by atoms with Crippen molar-refractivity contribution in [2.75, 3.05) is 6.16 Å². The van der Waals surface area contributed by atoms with Crippen LogP contribution in [-0.2, 0) is 4.43 Å². The summed E-state index contributed by atoms with van der Waals surface area (Å²) >= 11 is 1.54. The summed E-state index contributed by atoms with van der Waals surface area (Å²) in [6, 6.07) is 32.3. The summed E-state index contributed by atoms with van der Waals surface area (Å²) in [5, 5.41) is 6.70. The van der Waals surface area contributed by atoms with Crippen LogP contribution in [0.3, 0.4) is 0 Å². The Hall–Kier alpha value is -2.43. The average molecular weight is 577 g/mol. The highest BCUT2D eigenvalue weighted by Gasteiger charge is 2.47. The minimum atomic E-state index is -2.26. The Bertz CT molecular complexity index is 1270. The molecule has 0 saturated heterocycles. The Kier molecular flexibility index (Phi) is 9.39. The van der Waals surface area contributed by atoms with Gasteiger partial charge in [-0.25, -0.2) is 9.37 Å². The zero-order valence-corrected chi connectivity index (χ0v) is 26.6. The molecule has 3 aromatic carbocycles. The maximum Gasteiger partial charge on any atom is 0.193 e. The number of rotatable bonds is 10. The van der Waals surface area contributed by atoms with Gasteiger partial charge in [0.05, 0.1) is 16.9 Å². The molecule has 0 aliphatic carbocycles. The van der Waals surface area contributed by atoms with Gasteiger partial charge < -0.3 is 4.43 Å². The van der Waals surface area contributed by atoms with E-state index >= 15 is 4.39 Å². The predicted octanol–water partition coefficient (Wildman–Crippen LogP) is 8.54. The first-order chi connectivity index (χ1) is 18.5. The molecule has 0 spiro atoms. The van der Waals surface area contributed by atoms with Crippen molar-refractivity contribution in [3.8, 4) is 0 Å². The zero-order valence-electron chi connectivity index (χ0n) is 23.9. The second-order valence-corrected chi connectivity index (χ2v) is 21.0. The Balaban J connectivity index is 1.82. The van der Waals surface area contributed by atoms with Crippen LogP contribution in [-0.4, -0.2) is 25.6 Å². The topological polar surface area (TPSA) is 22.1 Å². The monoisotopic (exact) mass is 576 g/mol. The van der Waals surface area contributed by atoms with Gasteiger partial charge in [0.15, 0.2) is 8.32 Å². The second kappa shape index (κ2) is 12.4. The average Bonchev–Trinajstić information content (AvgIpc) is 3.33. The molecular formula is C33H40FNOPSSi+. The molecule has 39 heavy (non-hydrogen) atoms. The highest BCUT2D eigenvalue weighted by Crippen LogP contribution is 2.56. The van der Waals surface area contributed by atoms with Crippen molar-refractivity contribution >= 4 is 48.9 Å². The first kappa shape index (κ1) is 29.5. The van der Waals surface area contributed by atoms with E-state index in [1.807, 2.05) is 12.3 Å². The van der Waals surface area contributed by atoms with Crippen molar-refractivity contribution in [2.24, 2.45) is 0 Å². The van der Waals surface area contributed by atoms with Gasteiger partial charge in [-0.1, -0.05) is 75.4 Å². The van der Waals surface area contributed by atoms with Crippen LogP contribution in [0.1, 0.15) is 37.9 Å². The molecule has 1 atom stereocenters. The van der Waals surface area contributed by atoms with E-state index in [9.17, 15) is 0 Å². The molecule has 4 rings (SSSR count). The van der Waals surface area contributed by atoms with Crippen molar-refractivity contribution in [1.29, 1.82) is 0 Å². The smallest absolute Gasteiger partial charge is 0.193 e. The molecule has 4 aromatic rings. The molecule has 0 aliphatic rings. The summed E-state index contributed by atoms with van der Waals surface area (Å²) in [5.41, 5.74) is 0.661. The molecule has 204 valence electrons. The third kappa shape index (κ3) is 6.84. The van der Waals surface area contributed by atoms with Crippen LogP contribution >= 0.6 is 18.6 Å². The molecule has 0 N–H and O–H groups in total. The van der Waals surface area contributed by atoms with Gasteiger partial charge in [-0.2, -0.15) is 0 Å². The maximum atomic E-state index is 16.2. The summed E-state index contributed by atoms with van der Waals surface area (Å²) in [4.78, 5) is 4.49. The van der Waals surface area contributed by atoms with E-state index in [4.69, 9.17) is 4.43 Å². The molecule has 0 saturated carbocycles. The van der Waals surface area contributed by atoms with Gasteiger partial charge in [0, 0.05) is 11.8 Å². The van der Waals surface area contributed by atoms with Crippen LogP contribution in [0.2, 0.25) is 18.1 Å². The summed E-state index contributed by atoms with van der Waals surface area (Å²) < 4.78 is 23.0. The normalized spacial score (nSPS) is 13.9. The third-order valence-corrected chi connectivity index (χ3v) is 17.5. The van der Waals surface area contributed by atoms with Crippen LogP contribution in [0, 0.1) is 6.92 Å². The summed E-state index contributed by atoms with van der Waals surface area (Å²) in [6.07, 6.45) is 2.31. The largest absolute Gasteiger partial charge is 0.407 e. The standard InChI is InChI=1S/C33H40FNOPSSi/c1-26-35-27(25-38-26)24-31(34)32(36-39(5,6)33(2,3)4)22-23-37(28-16-10-7-11-17-28,29-18-12-8-13-19-29)30-20-14-9-15-21-30/h7-21,24-25,32H,22-23H2,1-6H3/q+1/t32-/m0/s1. The summed E-state index contributed by atoms with van der Waals surface area (Å²) in [7, 11) is -4.37. The van der Waals surface area contributed by atoms with E-state index in [1.54, 1.807) is 6.08 Å². The zero-order chi connectivity index (χ0) is 28.1. The van der Waals surface area contributed by atoms with Crippen LogP contribution in [0.25, 0.3) is 6.08 Å². The molecule has 2 nitrogen and oxygen atoms in total. The van der Waals surface area contributed by atoms with Crippen molar-refractivity contribution in [2.45, 2.75) is 58.4 Å². The number of halogens is 1. The van der Waals surface area contributed by atoms with Gasteiger partial charge in [-0.3, -0.25) is 0 Å². The van der Waals surface area contributed by atoms with E-state index in [0.717, 1.165) is 11.2 Å². The van der Waals surface area contributed by atoms with Gasteiger partial charge in [0.2, 0.25) is 0 Å². The maximum absolute atomic E-state index is 16.2. The number of aryl methyl sites for hydroxylation is 1. The number of hydrogen-bond acceptors (Lipinski definition) is 3. The van der Waals surface area contributed by atoms with Crippen molar-refractivity contribution in [3.63, 3.8) is 0 Å². The minimum Gasteiger partial charge on any atom is -0.407 e. The lowest BCUT2D eigenvalue weighted by Gasteiger charge is -2.39. The Morgan fingerprint density at radius 1 is 0.897 bits per heavy atom. The van der Waals surface area contributed by atoms with Crippen molar-refractivity contribution in [3.05, 3.63) is 113 Å². The molecule has 0 bridgehead atoms. The lowest BCUT2D eigenvalue weighted by atomic mass is 10.2. The van der Waals surface area contributed by atoms with E-state index in [1.165, 1.54) is 27.3 Å². The molecule has 1 aromatic heterocycles. The van der Waals surface area contributed by atoms with Crippen LogP contribution < -0.4 is 15.9 Å². The Morgan fingerprint density at radius 3 is 1.74 bits per heavy atom. The van der Waals surface area contributed by atoms with Crippen LogP contribution in [0.4, 0.5) is 4.39 Å². The lowest BCUT2D eigenvalue weighted by molar-refractivity contribution is 0.186. The fourth-order valence-corrected chi connectivity index (χ4v) is 10.9. The molecular weight excluding hydrogens is 536 g/mol. The quantitative estimate of drug-likeness (QED) is 0.139. The van der Waals surface area contributed by atoms with Crippen LogP contribution in [0.5, 0.6) is 0 Å². The molecule has 1 heterocycles. The van der Waals surface area contributed by atoms with Crippen molar-refractivity contribution in [1.82, 2.24) is 4.98 Å². The molecule has 6 heteroatoms. The summed E-state index contributed by atoms with van der Waals surface area (Å²) in [6.45, 7) is 13.0. The number of aromatic nitrogens is 1. The molecule has 0 aliphatic heterocycles. The minimum absolute atomic E-state index is 0.0345. The predicted molar refractivity (Wildman–Crippen MR) is 173 cm³/mol. The number of benzene rings is 3. The Morgan fingerprint density at radius 2 is 1.36 bits per heavy atom. The highest BCUT2D eigenvalue weighted by atomic mass is 32.1. The lowest BCUT2D eigenvalue weighted by Crippen LogP contribution is -2.45. The third-order valence-electron chi connectivity index (χ3n) is 7.79. The number of nitrogens with zero attached hydrogens (tertiary/aromatic N) is 1. The fourth-order valence-electron chi connectivity index (χ4n) is 4.66. The molecule has 0 unspecified atom stereocenters. The number of hydrogen-bond donors (Lipinski definition) is 0. The van der Waals surface area contributed by atoms with Gasteiger partial charge in [0.25, 0.3) is 0 Å². The van der Waals surface area contributed by atoms with E-state index in [0.29, 0.717) is 12.1 Å².